The van der Waals surface area contributed by atoms with Crippen LogP contribution in [-0.4, -0.2) is 17.0 Å². The summed E-state index contributed by atoms with van der Waals surface area (Å²) in [5.74, 6) is -0.364. The molecule has 0 unspecified atom stereocenters. The van der Waals surface area contributed by atoms with Crippen molar-refractivity contribution in [3.05, 3.63) is 60.1 Å². The first-order valence-electron chi connectivity index (χ1n) is 6.47. The number of furan rings is 1. The van der Waals surface area contributed by atoms with Crippen molar-refractivity contribution in [1.82, 2.24) is 0 Å². The molecule has 0 spiro atoms. The molecule has 1 heterocycles. The molecular weight excluding hydrogens is 270 g/mol. The van der Waals surface area contributed by atoms with E-state index in [1.807, 2.05) is 6.07 Å². The van der Waals surface area contributed by atoms with Crippen LogP contribution in [-0.2, 0) is 16.0 Å². The molecular formula is C16H15NO4. The lowest BCUT2D eigenvalue weighted by molar-refractivity contribution is -0.131. The van der Waals surface area contributed by atoms with E-state index in [4.69, 9.17) is 9.52 Å². The predicted molar refractivity (Wildman–Crippen MR) is 78.8 cm³/mol. The standard InChI is InChI=1S/C16H15NO4/c18-15(8-7-14-5-2-10-21-14)17-13-4-1-3-12(11-13)6-9-16(19)20/h1-6,9-11H,7-8H2,(H,17,18)(H,19,20). The second-order valence-corrected chi connectivity index (χ2v) is 4.42. The van der Waals surface area contributed by atoms with Crippen LogP contribution in [0.3, 0.4) is 0 Å². The largest absolute Gasteiger partial charge is 0.478 e. The average Bonchev–Trinajstić information content (AvgIpc) is 2.97. The lowest BCUT2D eigenvalue weighted by Crippen LogP contribution is -2.12. The molecule has 0 aliphatic rings. The van der Waals surface area contributed by atoms with Gasteiger partial charge in [-0.1, -0.05) is 12.1 Å². The zero-order chi connectivity index (χ0) is 15.1. The number of nitrogens with one attached hydrogen (secondary N) is 1. The SMILES string of the molecule is O=C(O)C=Cc1cccc(NC(=O)CCc2ccco2)c1. The Hall–Kier alpha value is -2.82. The van der Waals surface area contributed by atoms with E-state index in [-0.39, 0.29) is 5.91 Å². The quantitative estimate of drug-likeness (QED) is 0.800. The minimum absolute atomic E-state index is 0.120. The van der Waals surface area contributed by atoms with Gasteiger partial charge in [-0.15, -0.1) is 0 Å². The van der Waals surface area contributed by atoms with Crippen molar-refractivity contribution in [1.29, 1.82) is 0 Å². The minimum Gasteiger partial charge on any atom is -0.478 e. The molecule has 0 saturated heterocycles. The van der Waals surface area contributed by atoms with Gasteiger partial charge in [0.1, 0.15) is 5.76 Å². The zero-order valence-electron chi connectivity index (χ0n) is 11.3. The summed E-state index contributed by atoms with van der Waals surface area (Å²) in [7, 11) is 0. The Morgan fingerprint density at radius 3 is 2.81 bits per heavy atom. The van der Waals surface area contributed by atoms with Crippen molar-refractivity contribution >= 4 is 23.6 Å². The number of aryl methyl sites for hydroxylation is 1. The van der Waals surface area contributed by atoms with Gasteiger partial charge in [0.25, 0.3) is 0 Å². The molecule has 5 heteroatoms. The Balaban J connectivity index is 1.91. The summed E-state index contributed by atoms with van der Waals surface area (Å²) in [6.45, 7) is 0. The first-order valence-corrected chi connectivity index (χ1v) is 6.47. The first-order chi connectivity index (χ1) is 10.1. The fourth-order valence-electron chi connectivity index (χ4n) is 1.80. The number of rotatable bonds is 6. The van der Waals surface area contributed by atoms with Crippen molar-refractivity contribution < 1.29 is 19.1 Å². The van der Waals surface area contributed by atoms with Crippen molar-refractivity contribution in [3.63, 3.8) is 0 Å². The second-order valence-electron chi connectivity index (χ2n) is 4.42. The maximum absolute atomic E-state index is 11.8. The average molecular weight is 285 g/mol. The van der Waals surface area contributed by atoms with Gasteiger partial charge in [-0.05, 0) is 35.9 Å². The molecule has 2 aromatic rings. The third-order valence-electron chi connectivity index (χ3n) is 2.77. The normalized spacial score (nSPS) is 10.7. The highest BCUT2D eigenvalue weighted by Crippen LogP contribution is 2.13. The number of carboxylic acids is 1. The third kappa shape index (κ3) is 4.99. The third-order valence-corrected chi connectivity index (χ3v) is 2.77. The van der Waals surface area contributed by atoms with Crippen LogP contribution in [0.1, 0.15) is 17.7 Å². The van der Waals surface area contributed by atoms with E-state index in [2.05, 4.69) is 5.32 Å². The van der Waals surface area contributed by atoms with Gasteiger partial charge in [0.05, 0.1) is 6.26 Å². The van der Waals surface area contributed by atoms with E-state index >= 15 is 0 Å². The molecule has 0 aliphatic heterocycles. The van der Waals surface area contributed by atoms with Crippen LogP contribution >= 0.6 is 0 Å². The van der Waals surface area contributed by atoms with E-state index < -0.39 is 5.97 Å². The van der Waals surface area contributed by atoms with Gasteiger partial charge >= 0.3 is 5.97 Å². The molecule has 0 atom stereocenters. The van der Waals surface area contributed by atoms with Gasteiger partial charge in [0.2, 0.25) is 5.91 Å². The lowest BCUT2D eigenvalue weighted by atomic mass is 10.1. The maximum Gasteiger partial charge on any atom is 0.328 e. The molecule has 1 aromatic carbocycles. The number of carbonyl (C=O) groups excluding carboxylic acids is 1. The van der Waals surface area contributed by atoms with Crippen LogP contribution in [0, 0.1) is 0 Å². The molecule has 2 N–H and O–H groups in total. The smallest absolute Gasteiger partial charge is 0.328 e. The van der Waals surface area contributed by atoms with Crippen LogP contribution in [0.25, 0.3) is 6.08 Å². The Morgan fingerprint density at radius 2 is 2.10 bits per heavy atom. The highest BCUT2D eigenvalue weighted by Gasteiger charge is 2.05. The number of amides is 1. The van der Waals surface area contributed by atoms with Crippen LogP contribution in [0.5, 0.6) is 0 Å². The molecule has 5 nitrogen and oxygen atoms in total. The number of hydrogen-bond donors (Lipinski definition) is 2. The van der Waals surface area contributed by atoms with Crippen molar-refractivity contribution in [2.75, 3.05) is 5.32 Å². The lowest BCUT2D eigenvalue weighted by Gasteiger charge is -2.05. The van der Waals surface area contributed by atoms with Crippen molar-refractivity contribution in [2.45, 2.75) is 12.8 Å². The molecule has 0 saturated carbocycles. The van der Waals surface area contributed by atoms with Gasteiger partial charge in [0.15, 0.2) is 0 Å². The number of anilines is 1. The molecule has 2 rings (SSSR count). The summed E-state index contributed by atoms with van der Waals surface area (Å²) in [5.41, 5.74) is 1.34. The Labute approximate surface area is 121 Å². The number of carboxylic acid groups (broad SMARTS) is 1. The minimum atomic E-state index is -1.01. The highest BCUT2D eigenvalue weighted by atomic mass is 16.4. The van der Waals surface area contributed by atoms with Gasteiger partial charge in [-0.3, -0.25) is 4.79 Å². The van der Waals surface area contributed by atoms with Crippen LogP contribution in [0.15, 0.2) is 53.2 Å². The van der Waals surface area contributed by atoms with Crippen molar-refractivity contribution in [3.8, 4) is 0 Å². The van der Waals surface area contributed by atoms with Crippen LogP contribution in [0.2, 0.25) is 0 Å². The highest BCUT2D eigenvalue weighted by molar-refractivity contribution is 5.91. The zero-order valence-corrected chi connectivity index (χ0v) is 11.3. The van der Waals surface area contributed by atoms with E-state index in [9.17, 15) is 9.59 Å². The summed E-state index contributed by atoms with van der Waals surface area (Å²) in [4.78, 5) is 22.3. The summed E-state index contributed by atoms with van der Waals surface area (Å²) >= 11 is 0. The Kier molecular flexibility index (Phi) is 4.93. The maximum atomic E-state index is 11.8. The number of hydrogen-bond acceptors (Lipinski definition) is 3. The summed E-state index contributed by atoms with van der Waals surface area (Å²) in [6.07, 6.45) is 4.96. The molecule has 21 heavy (non-hydrogen) atoms. The van der Waals surface area contributed by atoms with Gasteiger partial charge in [-0.2, -0.15) is 0 Å². The molecule has 108 valence electrons. The fourth-order valence-corrected chi connectivity index (χ4v) is 1.80. The van der Waals surface area contributed by atoms with Crippen LogP contribution < -0.4 is 5.32 Å². The van der Waals surface area contributed by atoms with Crippen LogP contribution in [0.4, 0.5) is 5.69 Å². The fraction of sp³-hybridized carbons (Fsp3) is 0.125. The molecule has 0 fully saturated rings. The topological polar surface area (TPSA) is 79.5 Å². The Morgan fingerprint density at radius 1 is 1.24 bits per heavy atom. The van der Waals surface area contributed by atoms with Gasteiger partial charge in [0, 0.05) is 24.6 Å². The van der Waals surface area contributed by atoms with E-state index in [1.165, 1.54) is 6.08 Å². The molecule has 1 aromatic heterocycles. The van der Waals surface area contributed by atoms with Gasteiger partial charge < -0.3 is 14.8 Å². The van der Waals surface area contributed by atoms with E-state index in [0.717, 1.165) is 11.8 Å². The molecule has 0 bridgehead atoms. The molecule has 0 aliphatic carbocycles. The first kappa shape index (κ1) is 14.6. The molecule has 1 amide bonds. The van der Waals surface area contributed by atoms with Gasteiger partial charge in [-0.25, -0.2) is 4.79 Å². The number of aliphatic carboxylic acids is 1. The summed E-state index contributed by atoms with van der Waals surface area (Å²) < 4.78 is 5.16. The van der Waals surface area contributed by atoms with Crippen molar-refractivity contribution in [2.24, 2.45) is 0 Å². The van der Waals surface area contributed by atoms with E-state index in [0.29, 0.717) is 24.1 Å². The van der Waals surface area contributed by atoms with E-state index in [1.54, 1.807) is 36.6 Å². The predicted octanol–water partition coefficient (Wildman–Crippen LogP) is 2.95. The second kappa shape index (κ2) is 7.09. The Bertz CT molecular complexity index is 644. The summed E-state index contributed by atoms with van der Waals surface area (Å²) in [6, 6.07) is 10.6. The number of benzene rings is 1. The monoisotopic (exact) mass is 285 g/mol. The molecule has 0 radical (unpaired) electrons. The number of carbonyl (C=O) groups is 2. The summed E-state index contributed by atoms with van der Waals surface area (Å²) in [5, 5.41) is 11.4.